The molecule has 0 heterocycles. The number of nitrogens with one attached hydrogen (secondary N) is 1. The first-order valence-electron chi connectivity index (χ1n) is 9.61. The van der Waals surface area contributed by atoms with Gasteiger partial charge in [0.1, 0.15) is 12.4 Å². The summed E-state index contributed by atoms with van der Waals surface area (Å²) in [6, 6.07) is 16.3. The Morgan fingerprint density at radius 1 is 0.968 bits per heavy atom. The van der Waals surface area contributed by atoms with Crippen LogP contribution >= 0.6 is 11.6 Å². The third kappa shape index (κ3) is 5.61. The van der Waals surface area contributed by atoms with Crippen LogP contribution in [0.2, 0.25) is 5.02 Å². The molecule has 3 rings (SSSR count). The number of carboxylic acid groups (broad SMARTS) is 1. The minimum Gasteiger partial charge on any atom is -0.495 e. The molecule has 0 aliphatic carbocycles. The summed E-state index contributed by atoms with van der Waals surface area (Å²) in [7, 11) is 3.09. The van der Waals surface area contributed by atoms with Crippen molar-refractivity contribution in [3.05, 3.63) is 81.9 Å². The second kappa shape index (κ2) is 10.1. The van der Waals surface area contributed by atoms with Gasteiger partial charge in [-0.1, -0.05) is 41.4 Å². The Morgan fingerprint density at radius 3 is 2.32 bits per heavy atom. The molecule has 7 heteroatoms. The number of hydrogen-bond acceptors (Lipinski definition) is 5. The van der Waals surface area contributed by atoms with E-state index < -0.39 is 5.97 Å². The van der Waals surface area contributed by atoms with Crippen molar-refractivity contribution in [1.82, 2.24) is 0 Å². The van der Waals surface area contributed by atoms with Crippen molar-refractivity contribution in [2.45, 2.75) is 20.1 Å². The predicted molar refractivity (Wildman–Crippen MR) is 121 cm³/mol. The largest absolute Gasteiger partial charge is 0.495 e. The van der Waals surface area contributed by atoms with Crippen molar-refractivity contribution in [3.8, 4) is 17.2 Å². The SMILES string of the molecule is COc1ccc(C(=O)O)cc1NCc1cc(Cl)c(OCc2ccc(C)cc2)c(OC)c1. The van der Waals surface area contributed by atoms with E-state index in [0.29, 0.717) is 41.1 Å². The molecule has 0 fully saturated rings. The molecular formula is C24H24ClNO5. The summed E-state index contributed by atoms with van der Waals surface area (Å²) in [6.45, 7) is 2.78. The molecule has 162 valence electrons. The molecule has 0 saturated heterocycles. The van der Waals surface area contributed by atoms with Gasteiger partial charge in [-0.3, -0.25) is 0 Å². The minimum absolute atomic E-state index is 0.166. The number of methoxy groups -OCH3 is 2. The zero-order chi connectivity index (χ0) is 22.4. The number of rotatable bonds is 9. The molecule has 0 bridgehead atoms. The Hall–Kier alpha value is -3.38. The molecule has 0 aliphatic rings. The Bertz CT molecular complexity index is 1070. The van der Waals surface area contributed by atoms with Crippen LogP contribution in [0.5, 0.6) is 17.2 Å². The topological polar surface area (TPSA) is 77.0 Å². The van der Waals surface area contributed by atoms with Crippen LogP contribution in [0.1, 0.15) is 27.0 Å². The summed E-state index contributed by atoms with van der Waals surface area (Å²) in [4.78, 5) is 11.3. The van der Waals surface area contributed by atoms with Crippen LogP contribution < -0.4 is 19.5 Å². The summed E-state index contributed by atoms with van der Waals surface area (Å²) < 4.78 is 16.7. The molecule has 6 nitrogen and oxygen atoms in total. The molecule has 0 aliphatic heterocycles. The van der Waals surface area contributed by atoms with E-state index in [1.165, 1.54) is 24.8 Å². The average molecular weight is 442 g/mol. The van der Waals surface area contributed by atoms with Gasteiger partial charge in [0.2, 0.25) is 0 Å². The highest BCUT2D eigenvalue weighted by Crippen LogP contribution is 2.37. The monoisotopic (exact) mass is 441 g/mol. The number of aromatic carboxylic acids is 1. The van der Waals surface area contributed by atoms with Gasteiger partial charge in [-0.05, 0) is 48.4 Å². The zero-order valence-corrected chi connectivity index (χ0v) is 18.3. The number of hydrogen-bond donors (Lipinski definition) is 2. The Morgan fingerprint density at radius 2 is 1.68 bits per heavy atom. The summed E-state index contributed by atoms with van der Waals surface area (Å²) in [5.74, 6) is 0.521. The van der Waals surface area contributed by atoms with Gasteiger partial charge >= 0.3 is 5.97 Å². The predicted octanol–water partition coefficient (Wildman–Crippen LogP) is 5.55. The van der Waals surface area contributed by atoms with E-state index in [4.69, 9.17) is 25.8 Å². The van der Waals surface area contributed by atoms with Crippen molar-refractivity contribution in [2.24, 2.45) is 0 Å². The lowest BCUT2D eigenvalue weighted by molar-refractivity contribution is 0.0697. The molecule has 0 saturated carbocycles. The molecule has 3 aromatic rings. The normalized spacial score (nSPS) is 10.5. The summed E-state index contributed by atoms with van der Waals surface area (Å²) in [5, 5.41) is 12.8. The quantitative estimate of drug-likeness (QED) is 0.453. The molecule has 0 unspecified atom stereocenters. The molecule has 2 N–H and O–H groups in total. The van der Waals surface area contributed by atoms with Gasteiger partial charge in [0.05, 0.1) is 30.5 Å². The summed E-state index contributed by atoms with van der Waals surface area (Å²) in [6.07, 6.45) is 0. The molecule has 31 heavy (non-hydrogen) atoms. The maximum atomic E-state index is 11.3. The molecule has 0 spiro atoms. The van der Waals surface area contributed by atoms with E-state index in [1.54, 1.807) is 19.2 Å². The van der Waals surface area contributed by atoms with Gasteiger partial charge in [-0.2, -0.15) is 0 Å². The third-order valence-corrected chi connectivity index (χ3v) is 5.00. The number of carboxylic acids is 1. The van der Waals surface area contributed by atoms with Crippen LogP contribution in [0.25, 0.3) is 0 Å². The van der Waals surface area contributed by atoms with Crippen LogP contribution in [-0.2, 0) is 13.2 Å². The molecule has 0 atom stereocenters. The van der Waals surface area contributed by atoms with Crippen molar-refractivity contribution in [2.75, 3.05) is 19.5 Å². The number of ether oxygens (including phenoxy) is 3. The van der Waals surface area contributed by atoms with Gasteiger partial charge in [0, 0.05) is 6.54 Å². The average Bonchev–Trinajstić information content (AvgIpc) is 2.77. The first-order valence-corrected chi connectivity index (χ1v) is 9.99. The fourth-order valence-electron chi connectivity index (χ4n) is 3.03. The molecule has 0 amide bonds. The molecule has 0 radical (unpaired) electrons. The maximum absolute atomic E-state index is 11.3. The van der Waals surface area contributed by atoms with Gasteiger partial charge in [-0.25, -0.2) is 4.79 Å². The van der Waals surface area contributed by atoms with Gasteiger partial charge in [-0.15, -0.1) is 0 Å². The van der Waals surface area contributed by atoms with E-state index in [2.05, 4.69) is 5.32 Å². The number of benzene rings is 3. The Balaban J connectivity index is 1.76. The number of anilines is 1. The van der Waals surface area contributed by atoms with Gasteiger partial charge in [0.25, 0.3) is 0 Å². The Labute approximate surface area is 186 Å². The zero-order valence-electron chi connectivity index (χ0n) is 17.6. The van der Waals surface area contributed by atoms with Crippen molar-refractivity contribution in [1.29, 1.82) is 0 Å². The van der Waals surface area contributed by atoms with E-state index in [-0.39, 0.29) is 5.56 Å². The van der Waals surface area contributed by atoms with Crippen molar-refractivity contribution >= 4 is 23.3 Å². The lowest BCUT2D eigenvalue weighted by Gasteiger charge is -2.16. The lowest BCUT2D eigenvalue weighted by atomic mass is 10.1. The third-order valence-electron chi connectivity index (χ3n) is 4.72. The highest BCUT2D eigenvalue weighted by molar-refractivity contribution is 6.32. The van der Waals surface area contributed by atoms with Crippen molar-refractivity contribution < 1.29 is 24.1 Å². The molecule has 3 aromatic carbocycles. The van der Waals surface area contributed by atoms with E-state index >= 15 is 0 Å². The van der Waals surface area contributed by atoms with Gasteiger partial charge in [0.15, 0.2) is 11.5 Å². The number of aryl methyl sites for hydroxylation is 1. The van der Waals surface area contributed by atoms with Crippen LogP contribution in [0.15, 0.2) is 54.6 Å². The van der Waals surface area contributed by atoms with E-state index in [0.717, 1.165) is 11.1 Å². The minimum atomic E-state index is -1.01. The smallest absolute Gasteiger partial charge is 0.335 e. The van der Waals surface area contributed by atoms with E-state index in [1.807, 2.05) is 37.3 Å². The Kier molecular flexibility index (Phi) is 7.26. The summed E-state index contributed by atoms with van der Waals surface area (Å²) >= 11 is 6.48. The van der Waals surface area contributed by atoms with Crippen LogP contribution in [-0.4, -0.2) is 25.3 Å². The van der Waals surface area contributed by atoms with Crippen LogP contribution in [0.4, 0.5) is 5.69 Å². The van der Waals surface area contributed by atoms with E-state index in [9.17, 15) is 9.90 Å². The second-order valence-electron chi connectivity index (χ2n) is 6.96. The molecular weight excluding hydrogens is 418 g/mol. The highest BCUT2D eigenvalue weighted by Gasteiger charge is 2.14. The molecule has 0 aromatic heterocycles. The lowest BCUT2D eigenvalue weighted by Crippen LogP contribution is -2.05. The van der Waals surface area contributed by atoms with Crippen LogP contribution in [0, 0.1) is 6.92 Å². The van der Waals surface area contributed by atoms with Crippen LogP contribution in [0.3, 0.4) is 0 Å². The first kappa shape index (κ1) is 22.3. The van der Waals surface area contributed by atoms with Gasteiger partial charge < -0.3 is 24.6 Å². The van der Waals surface area contributed by atoms with Crippen molar-refractivity contribution in [3.63, 3.8) is 0 Å². The standard InChI is InChI=1S/C24H24ClNO5/c1-15-4-6-16(7-5-15)14-31-23-19(25)10-17(11-22(23)30-3)13-26-20-12-18(24(27)28)8-9-21(20)29-2/h4-12,26H,13-14H2,1-3H3,(H,27,28). The highest BCUT2D eigenvalue weighted by atomic mass is 35.5. The maximum Gasteiger partial charge on any atom is 0.335 e. The second-order valence-corrected chi connectivity index (χ2v) is 7.36. The number of carbonyl (C=O) groups is 1. The fourth-order valence-corrected chi connectivity index (χ4v) is 3.32. The number of halogens is 1. The first-order chi connectivity index (χ1) is 14.9. The fraction of sp³-hybridized carbons (Fsp3) is 0.208. The summed E-state index contributed by atoms with van der Waals surface area (Å²) in [5.41, 5.74) is 3.78.